The summed E-state index contributed by atoms with van der Waals surface area (Å²) < 4.78 is 17.3. The van der Waals surface area contributed by atoms with Crippen molar-refractivity contribution in [2.75, 3.05) is 18.5 Å². The fourth-order valence-electron chi connectivity index (χ4n) is 3.97. The molecule has 0 amide bonds. The highest BCUT2D eigenvalue weighted by molar-refractivity contribution is 5.81. The first kappa shape index (κ1) is 19.8. The average Bonchev–Trinajstić information content (AvgIpc) is 3.15. The van der Waals surface area contributed by atoms with E-state index < -0.39 is 0 Å². The highest BCUT2D eigenvalue weighted by Gasteiger charge is 2.16. The zero-order valence-corrected chi connectivity index (χ0v) is 17.4. The normalized spacial score (nSPS) is 15.0. The monoisotopic (exact) mass is 394 g/mol. The van der Waals surface area contributed by atoms with Gasteiger partial charge in [0.2, 0.25) is 0 Å². The fraction of sp³-hybridized carbons (Fsp3) is 0.458. The zero-order valence-electron chi connectivity index (χ0n) is 17.4. The molecule has 1 heterocycles. The molecular weight excluding hydrogens is 364 g/mol. The van der Waals surface area contributed by atoms with Gasteiger partial charge >= 0.3 is 0 Å². The van der Waals surface area contributed by atoms with Crippen molar-refractivity contribution in [3.63, 3.8) is 0 Å². The summed E-state index contributed by atoms with van der Waals surface area (Å²) in [6, 6.07) is 13.5. The van der Waals surface area contributed by atoms with E-state index in [1.54, 1.807) is 0 Å². The quantitative estimate of drug-likeness (QED) is 0.495. The van der Waals surface area contributed by atoms with E-state index in [-0.39, 0.29) is 0 Å². The van der Waals surface area contributed by atoms with E-state index in [1.165, 1.54) is 32.1 Å². The van der Waals surface area contributed by atoms with Gasteiger partial charge in [0, 0.05) is 18.2 Å². The van der Waals surface area contributed by atoms with Crippen LogP contribution in [-0.2, 0) is 11.3 Å². The molecule has 4 rings (SSSR count). The van der Waals surface area contributed by atoms with Gasteiger partial charge in [-0.3, -0.25) is 0 Å². The maximum absolute atomic E-state index is 5.93. The Labute approximate surface area is 172 Å². The van der Waals surface area contributed by atoms with Gasteiger partial charge in [-0.05, 0) is 62.1 Å². The Morgan fingerprint density at radius 3 is 2.59 bits per heavy atom. The van der Waals surface area contributed by atoms with Crippen molar-refractivity contribution in [3.05, 3.63) is 42.0 Å². The third kappa shape index (κ3) is 4.73. The molecule has 0 saturated heterocycles. The highest BCUT2D eigenvalue weighted by atomic mass is 16.5. The molecule has 1 fully saturated rings. The summed E-state index contributed by atoms with van der Waals surface area (Å²) in [5.41, 5.74) is 4.98. The van der Waals surface area contributed by atoms with Gasteiger partial charge in [0.1, 0.15) is 11.3 Å². The van der Waals surface area contributed by atoms with Crippen LogP contribution >= 0.6 is 0 Å². The van der Waals surface area contributed by atoms with Crippen LogP contribution in [0.15, 0.2) is 40.8 Å². The van der Waals surface area contributed by atoms with E-state index in [0.717, 1.165) is 33.5 Å². The molecule has 1 aliphatic carbocycles. The first-order valence-electron chi connectivity index (χ1n) is 10.8. The summed E-state index contributed by atoms with van der Waals surface area (Å²) in [6.07, 6.45) is 6.29. The van der Waals surface area contributed by atoms with Crippen LogP contribution in [0, 0.1) is 0 Å². The Morgan fingerprint density at radius 2 is 1.79 bits per heavy atom. The first-order valence-corrected chi connectivity index (χ1v) is 10.8. The number of ether oxygens (including phenoxy) is 2. The van der Waals surface area contributed by atoms with Crippen LogP contribution in [-0.4, -0.2) is 24.2 Å². The molecule has 0 spiro atoms. The Balaban J connectivity index is 1.58. The summed E-state index contributed by atoms with van der Waals surface area (Å²) in [5.74, 6) is 0.881. The third-order valence-electron chi connectivity index (χ3n) is 5.48. The van der Waals surface area contributed by atoms with Crippen molar-refractivity contribution in [1.29, 1.82) is 0 Å². The molecule has 2 aromatic carbocycles. The smallest absolute Gasteiger partial charge is 0.295 e. The molecule has 0 unspecified atom stereocenters. The van der Waals surface area contributed by atoms with Crippen LogP contribution < -0.4 is 10.1 Å². The van der Waals surface area contributed by atoms with Crippen molar-refractivity contribution in [2.45, 2.75) is 58.6 Å². The van der Waals surface area contributed by atoms with Crippen LogP contribution in [0.25, 0.3) is 22.2 Å². The number of hydrogen-bond acceptors (Lipinski definition) is 5. The lowest BCUT2D eigenvalue weighted by Crippen LogP contribution is -2.22. The van der Waals surface area contributed by atoms with E-state index in [0.29, 0.717) is 31.9 Å². The summed E-state index contributed by atoms with van der Waals surface area (Å²) in [6.45, 7) is 5.86. The van der Waals surface area contributed by atoms with Crippen molar-refractivity contribution in [3.8, 4) is 16.9 Å². The summed E-state index contributed by atoms with van der Waals surface area (Å²) >= 11 is 0. The number of oxazole rings is 1. The summed E-state index contributed by atoms with van der Waals surface area (Å²) in [5, 5.41) is 3.47. The maximum Gasteiger partial charge on any atom is 0.295 e. The number of rotatable bonds is 8. The molecule has 1 aliphatic rings. The van der Waals surface area contributed by atoms with Gasteiger partial charge in [0.25, 0.3) is 6.01 Å². The second-order valence-corrected chi connectivity index (χ2v) is 7.57. The first-order chi connectivity index (χ1) is 14.3. The number of benzene rings is 2. The molecular formula is C24H30N2O3. The molecule has 0 bridgehead atoms. The van der Waals surface area contributed by atoms with Gasteiger partial charge < -0.3 is 19.2 Å². The van der Waals surface area contributed by atoms with Gasteiger partial charge in [0.15, 0.2) is 5.58 Å². The standard InChI is InChI=1S/C24H30N2O3/c1-3-27-16-19-14-17(10-12-22(19)28-4-2)18-11-13-23-21(15-18)26-24(29-23)25-20-8-6-5-7-9-20/h10-15,20H,3-9,16H2,1-2H3,(H,25,26). The minimum Gasteiger partial charge on any atom is -0.494 e. The van der Waals surface area contributed by atoms with E-state index in [1.807, 2.05) is 26.0 Å². The van der Waals surface area contributed by atoms with Gasteiger partial charge in [-0.15, -0.1) is 0 Å². The van der Waals surface area contributed by atoms with Crippen LogP contribution in [0.1, 0.15) is 51.5 Å². The van der Waals surface area contributed by atoms with Crippen molar-refractivity contribution in [2.24, 2.45) is 0 Å². The predicted octanol–water partition coefficient (Wildman–Crippen LogP) is 6.17. The largest absolute Gasteiger partial charge is 0.494 e. The Hall–Kier alpha value is -2.53. The second kappa shape index (κ2) is 9.31. The van der Waals surface area contributed by atoms with E-state index in [9.17, 15) is 0 Å². The lowest BCUT2D eigenvalue weighted by Gasteiger charge is -2.21. The average molecular weight is 395 g/mol. The lowest BCUT2D eigenvalue weighted by atomic mass is 9.96. The summed E-state index contributed by atoms with van der Waals surface area (Å²) in [7, 11) is 0. The molecule has 1 N–H and O–H groups in total. The molecule has 3 aromatic rings. The SMILES string of the molecule is CCOCc1cc(-c2ccc3oc(NC4CCCCC4)nc3c2)ccc1OCC. The van der Waals surface area contributed by atoms with E-state index >= 15 is 0 Å². The third-order valence-corrected chi connectivity index (χ3v) is 5.48. The van der Waals surface area contributed by atoms with Crippen LogP contribution in [0.4, 0.5) is 6.01 Å². The molecule has 0 aliphatic heterocycles. The fourth-order valence-corrected chi connectivity index (χ4v) is 3.97. The second-order valence-electron chi connectivity index (χ2n) is 7.57. The molecule has 1 aromatic heterocycles. The Kier molecular flexibility index (Phi) is 6.35. The Bertz CT molecular complexity index is 944. The number of hydrogen-bond donors (Lipinski definition) is 1. The topological polar surface area (TPSA) is 56.5 Å². The lowest BCUT2D eigenvalue weighted by molar-refractivity contribution is 0.131. The molecule has 29 heavy (non-hydrogen) atoms. The van der Waals surface area contributed by atoms with Crippen LogP contribution in [0.2, 0.25) is 0 Å². The minimum absolute atomic E-state index is 0.475. The van der Waals surface area contributed by atoms with Crippen molar-refractivity contribution >= 4 is 17.1 Å². The zero-order chi connectivity index (χ0) is 20.1. The number of aromatic nitrogens is 1. The number of nitrogens with one attached hydrogen (secondary N) is 1. The number of fused-ring (bicyclic) bond motifs is 1. The maximum atomic E-state index is 5.93. The Morgan fingerprint density at radius 1 is 1.00 bits per heavy atom. The summed E-state index contributed by atoms with van der Waals surface area (Å²) in [4.78, 5) is 4.68. The minimum atomic E-state index is 0.475. The molecule has 154 valence electrons. The van der Waals surface area contributed by atoms with Gasteiger partial charge in [-0.25, -0.2) is 0 Å². The molecule has 0 radical (unpaired) electrons. The van der Waals surface area contributed by atoms with Crippen LogP contribution in [0.3, 0.4) is 0 Å². The molecule has 0 atom stereocenters. The number of anilines is 1. The predicted molar refractivity (Wildman–Crippen MR) is 116 cm³/mol. The van der Waals surface area contributed by atoms with Gasteiger partial charge in [-0.2, -0.15) is 4.98 Å². The van der Waals surface area contributed by atoms with Crippen molar-refractivity contribution < 1.29 is 13.9 Å². The van der Waals surface area contributed by atoms with Gasteiger partial charge in [-0.1, -0.05) is 31.4 Å². The van der Waals surface area contributed by atoms with E-state index in [4.69, 9.17) is 13.9 Å². The van der Waals surface area contributed by atoms with Gasteiger partial charge in [0.05, 0.1) is 13.2 Å². The highest BCUT2D eigenvalue weighted by Crippen LogP contribution is 2.31. The van der Waals surface area contributed by atoms with Crippen molar-refractivity contribution in [1.82, 2.24) is 4.98 Å². The molecule has 5 nitrogen and oxygen atoms in total. The van der Waals surface area contributed by atoms with Crippen LogP contribution in [0.5, 0.6) is 5.75 Å². The molecule has 5 heteroatoms. The number of nitrogens with zero attached hydrogens (tertiary/aromatic N) is 1. The molecule has 1 saturated carbocycles. The van der Waals surface area contributed by atoms with E-state index in [2.05, 4.69) is 34.6 Å².